The van der Waals surface area contributed by atoms with Gasteiger partial charge < -0.3 is 0 Å². The van der Waals surface area contributed by atoms with Crippen LogP contribution >= 0.6 is 0 Å². The molecule has 0 aromatic rings. The van der Waals surface area contributed by atoms with Gasteiger partial charge in [-0.25, -0.2) is 0 Å². The summed E-state index contributed by atoms with van der Waals surface area (Å²) < 4.78 is 0. The molecule has 0 heterocycles. The second-order valence-electron chi connectivity index (χ2n) is 6.61. The summed E-state index contributed by atoms with van der Waals surface area (Å²) in [5.41, 5.74) is 0.355. The molecule has 0 saturated heterocycles. The topological polar surface area (TPSA) is 17.1 Å². The molecular weight excluding hydrogens is 196 g/mol. The average Bonchev–Trinajstić information content (AvgIpc) is 2.23. The first-order valence-electron chi connectivity index (χ1n) is 6.93. The van der Waals surface area contributed by atoms with Crippen molar-refractivity contribution in [2.75, 3.05) is 0 Å². The highest BCUT2D eigenvalue weighted by molar-refractivity contribution is 5.80. The van der Waals surface area contributed by atoms with Crippen molar-refractivity contribution in [3.63, 3.8) is 0 Å². The van der Waals surface area contributed by atoms with Crippen molar-refractivity contribution >= 4 is 5.78 Å². The van der Waals surface area contributed by atoms with Crippen LogP contribution in [0.3, 0.4) is 0 Å². The van der Waals surface area contributed by atoms with E-state index < -0.39 is 0 Å². The number of carbonyl (C=O) groups excluding carboxylic acids is 1. The van der Waals surface area contributed by atoms with Gasteiger partial charge in [0.15, 0.2) is 0 Å². The molecule has 1 rings (SSSR count). The first-order valence-corrected chi connectivity index (χ1v) is 6.93. The van der Waals surface area contributed by atoms with Gasteiger partial charge in [0.1, 0.15) is 5.78 Å². The quantitative estimate of drug-likeness (QED) is 0.588. The van der Waals surface area contributed by atoms with Gasteiger partial charge in [-0.3, -0.25) is 4.79 Å². The minimum Gasteiger partial charge on any atom is -0.299 e. The lowest BCUT2D eigenvalue weighted by Crippen LogP contribution is -2.17. The first-order chi connectivity index (χ1) is 7.41. The summed E-state index contributed by atoms with van der Waals surface area (Å²) in [4.78, 5) is 11.9. The van der Waals surface area contributed by atoms with Crippen LogP contribution in [0.5, 0.6) is 0 Å². The normalized spacial score (nSPS) is 33.1. The molecule has 1 aliphatic rings. The number of carbonyl (C=O) groups is 1. The summed E-state index contributed by atoms with van der Waals surface area (Å²) in [6.45, 7) is 9.10. The zero-order chi connectivity index (χ0) is 12.2. The molecule has 0 amide bonds. The Kier molecular flexibility index (Phi) is 5.01. The van der Waals surface area contributed by atoms with E-state index in [4.69, 9.17) is 0 Å². The molecule has 0 N–H and O–H groups in total. The fraction of sp³-hybridized carbons (Fsp3) is 0.933. The Hall–Kier alpha value is -0.330. The van der Waals surface area contributed by atoms with Crippen molar-refractivity contribution in [1.29, 1.82) is 0 Å². The lowest BCUT2D eigenvalue weighted by Gasteiger charge is -2.25. The molecule has 0 aliphatic heterocycles. The highest BCUT2D eigenvalue weighted by atomic mass is 16.1. The molecule has 1 fully saturated rings. The number of hydrogen-bond acceptors (Lipinski definition) is 1. The van der Waals surface area contributed by atoms with Gasteiger partial charge in [-0.1, -0.05) is 47.0 Å². The third-order valence-electron chi connectivity index (χ3n) is 4.25. The summed E-state index contributed by atoms with van der Waals surface area (Å²) in [6.07, 6.45) is 8.10. The second-order valence-corrected chi connectivity index (χ2v) is 6.61. The standard InChI is InChI=1S/C15H28O/c1-12-6-5-7-13(2)14(16)9-11-15(3,4)10-8-12/h12-13H,5-11H2,1-4H3. The summed E-state index contributed by atoms with van der Waals surface area (Å²) in [5.74, 6) is 1.61. The van der Waals surface area contributed by atoms with Crippen LogP contribution in [0, 0.1) is 17.3 Å². The minimum atomic E-state index is 0.293. The van der Waals surface area contributed by atoms with E-state index in [2.05, 4.69) is 27.7 Å². The highest BCUT2D eigenvalue weighted by Gasteiger charge is 2.23. The summed E-state index contributed by atoms with van der Waals surface area (Å²) in [5, 5.41) is 0. The Bertz CT molecular complexity index is 230. The average molecular weight is 224 g/mol. The van der Waals surface area contributed by atoms with E-state index in [1.807, 2.05) is 0 Å². The van der Waals surface area contributed by atoms with Crippen LogP contribution in [0.15, 0.2) is 0 Å². The number of ketones is 1. The van der Waals surface area contributed by atoms with Gasteiger partial charge >= 0.3 is 0 Å². The van der Waals surface area contributed by atoms with Crippen molar-refractivity contribution in [1.82, 2.24) is 0 Å². The van der Waals surface area contributed by atoms with Crippen molar-refractivity contribution in [3.8, 4) is 0 Å². The van der Waals surface area contributed by atoms with Crippen LogP contribution in [0.25, 0.3) is 0 Å². The third-order valence-corrected chi connectivity index (χ3v) is 4.25. The van der Waals surface area contributed by atoms with Gasteiger partial charge in [-0.2, -0.15) is 0 Å². The zero-order valence-corrected chi connectivity index (χ0v) is 11.5. The van der Waals surface area contributed by atoms with Crippen LogP contribution in [-0.4, -0.2) is 5.78 Å². The van der Waals surface area contributed by atoms with Crippen molar-refractivity contribution < 1.29 is 4.79 Å². The fourth-order valence-corrected chi connectivity index (χ4v) is 2.55. The van der Waals surface area contributed by atoms with Crippen LogP contribution in [-0.2, 0) is 4.79 Å². The van der Waals surface area contributed by atoms with Crippen LogP contribution < -0.4 is 0 Å². The largest absolute Gasteiger partial charge is 0.299 e. The smallest absolute Gasteiger partial charge is 0.135 e. The van der Waals surface area contributed by atoms with E-state index in [9.17, 15) is 4.79 Å². The molecule has 2 unspecified atom stereocenters. The Morgan fingerprint density at radius 3 is 2.44 bits per heavy atom. The SMILES string of the molecule is CC1CCCC(C)C(=O)CCC(C)(C)CC1. The van der Waals surface area contributed by atoms with Crippen molar-refractivity contribution in [3.05, 3.63) is 0 Å². The van der Waals surface area contributed by atoms with E-state index in [-0.39, 0.29) is 0 Å². The van der Waals surface area contributed by atoms with Crippen LogP contribution in [0.2, 0.25) is 0 Å². The highest BCUT2D eigenvalue weighted by Crippen LogP contribution is 2.33. The molecule has 0 bridgehead atoms. The van der Waals surface area contributed by atoms with Gasteiger partial charge in [0.2, 0.25) is 0 Å². The van der Waals surface area contributed by atoms with Gasteiger partial charge in [-0.05, 0) is 30.6 Å². The molecule has 0 spiro atoms. The molecule has 94 valence electrons. The number of Topliss-reactive ketones (excluding diaryl/α,β-unsaturated/α-hetero) is 1. The van der Waals surface area contributed by atoms with Gasteiger partial charge in [0.25, 0.3) is 0 Å². The van der Waals surface area contributed by atoms with Gasteiger partial charge in [-0.15, -0.1) is 0 Å². The van der Waals surface area contributed by atoms with Crippen molar-refractivity contribution in [2.45, 2.75) is 72.6 Å². The molecule has 16 heavy (non-hydrogen) atoms. The van der Waals surface area contributed by atoms with E-state index in [1.54, 1.807) is 0 Å². The van der Waals surface area contributed by atoms with E-state index in [0.29, 0.717) is 17.1 Å². The molecule has 2 atom stereocenters. The molecule has 0 aromatic carbocycles. The fourth-order valence-electron chi connectivity index (χ4n) is 2.55. The Morgan fingerprint density at radius 1 is 1.06 bits per heavy atom. The first kappa shape index (κ1) is 13.7. The van der Waals surface area contributed by atoms with Crippen LogP contribution in [0.4, 0.5) is 0 Å². The van der Waals surface area contributed by atoms with Gasteiger partial charge in [0.05, 0.1) is 0 Å². The van der Waals surface area contributed by atoms with Gasteiger partial charge in [0, 0.05) is 12.3 Å². The Morgan fingerprint density at radius 2 is 1.75 bits per heavy atom. The summed E-state index contributed by atoms with van der Waals surface area (Å²) in [6, 6.07) is 0. The molecule has 1 aliphatic carbocycles. The predicted molar refractivity (Wildman–Crippen MR) is 69.4 cm³/mol. The summed E-state index contributed by atoms with van der Waals surface area (Å²) >= 11 is 0. The maximum atomic E-state index is 11.9. The third kappa shape index (κ3) is 4.67. The molecule has 0 radical (unpaired) electrons. The Labute approximate surface area is 101 Å². The maximum absolute atomic E-state index is 11.9. The number of hydrogen-bond donors (Lipinski definition) is 0. The van der Waals surface area contributed by atoms with E-state index in [1.165, 1.54) is 25.7 Å². The molecule has 1 saturated carbocycles. The maximum Gasteiger partial charge on any atom is 0.135 e. The lowest BCUT2D eigenvalue weighted by atomic mass is 9.80. The zero-order valence-electron chi connectivity index (χ0n) is 11.5. The molecule has 1 nitrogen and oxygen atoms in total. The number of rotatable bonds is 0. The lowest BCUT2D eigenvalue weighted by molar-refractivity contribution is -0.123. The summed E-state index contributed by atoms with van der Waals surface area (Å²) in [7, 11) is 0. The van der Waals surface area contributed by atoms with Crippen molar-refractivity contribution in [2.24, 2.45) is 17.3 Å². The Balaban J connectivity index is 2.60. The molecule has 1 heteroatoms. The monoisotopic (exact) mass is 224 g/mol. The minimum absolute atomic E-state index is 0.293. The molecular formula is C15H28O. The van der Waals surface area contributed by atoms with E-state index in [0.717, 1.165) is 25.2 Å². The molecule has 0 aromatic heterocycles. The van der Waals surface area contributed by atoms with Crippen LogP contribution in [0.1, 0.15) is 72.6 Å². The predicted octanol–water partition coefficient (Wildman–Crippen LogP) is 4.60. The second kappa shape index (κ2) is 5.84. The van der Waals surface area contributed by atoms with E-state index >= 15 is 0 Å².